The van der Waals surface area contributed by atoms with Crippen LogP contribution >= 0.6 is 0 Å². The molecule has 2 aliphatic heterocycles. The number of phenols is 3. The Balaban J connectivity index is 0.000000123. The third-order valence-electron chi connectivity index (χ3n) is 9.67. The van der Waals surface area contributed by atoms with Gasteiger partial charge in [-0.15, -0.1) is 10.2 Å². The highest BCUT2D eigenvalue weighted by atomic mass is 19.1. The van der Waals surface area contributed by atoms with E-state index in [1.807, 2.05) is 60.7 Å². The van der Waals surface area contributed by atoms with Gasteiger partial charge in [0.05, 0.1) is 35.0 Å². The number of aromatic hydroxyl groups is 3. The fraction of sp³-hybridized carbons (Fsp3) is 0.116. The zero-order valence-electron chi connectivity index (χ0n) is 31.0. The number of imidazole rings is 1. The van der Waals surface area contributed by atoms with Crippen LogP contribution in [0.4, 0.5) is 21.7 Å². The average Bonchev–Trinajstić information content (AvgIpc) is 3.69. The second-order valence-electron chi connectivity index (χ2n) is 13.4. The molecular formula is C43H38FN11O3. The first-order chi connectivity index (χ1) is 28.3. The SMILES string of the molecule is Nc1ccn2cc(-c3ccccc3O)nc2n1.Oc1c(F)cccc1-c1cc2c(nn1)NCC1CNCCN21.Oc1ccccc1-c1cc(-c2ccccc2)cnn1. The van der Waals surface area contributed by atoms with Gasteiger partial charge in [0.2, 0.25) is 5.78 Å². The van der Waals surface area contributed by atoms with E-state index in [1.54, 1.807) is 71.5 Å². The van der Waals surface area contributed by atoms with Crippen LogP contribution in [0, 0.1) is 5.82 Å². The van der Waals surface area contributed by atoms with E-state index in [0.717, 1.165) is 48.8 Å². The molecule has 8 aromatic rings. The molecule has 14 nitrogen and oxygen atoms in total. The summed E-state index contributed by atoms with van der Waals surface area (Å²) in [5.41, 5.74) is 12.1. The molecule has 0 saturated carbocycles. The lowest BCUT2D eigenvalue weighted by Gasteiger charge is -2.42. The number of nitrogen functional groups attached to an aromatic ring is 1. The summed E-state index contributed by atoms with van der Waals surface area (Å²) in [6.07, 6.45) is 5.31. The number of nitrogens with two attached hydrogens (primary N) is 1. The number of halogens is 1. The van der Waals surface area contributed by atoms with Crippen molar-refractivity contribution < 1.29 is 19.7 Å². The van der Waals surface area contributed by atoms with Gasteiger partial charge in [-0.3, -0.25) is 4.40 Å². The minimum Gasteiger partial charge on any atom is -0.507 e. The summed E-state index contributed by atoms with van der Waals surface area (Å²) in [4.78, 5) is 10.7. The molecule has 58 heavy (non-hydrogen) atoms. The molecule has 4 aromatic heterocycles. The number of nitrogens with one attached hydrogen (secondary N) is 2. The highest BCUT2D eigenvalue weighted by Gasteiger charge is 2.30. The van der Waals surface area contributed by atoms with E-state index < -0.39 is 11.6 Å². The Hall–Kier alpha value is -7.65. The van der Waals surface area contributed by atoms with Crippen LogP contribution in [-0.2, 0) is 0 Å². The molecule has 0 bridgehead atoms. The van der Waals surface area contributed by atoms with Crippen molar-refractivity contribution in [1.29, 1.82) is 0 Å². The first-order valence-corrected chi connectivity index (χ1v) is 18.5. The predicted octanol–water partition coefficient (Wildman–Crippen LogP) is 6.39. The Bertz CT molecular complexity index is 2700. The lowest BCUT2D eigenvalue weighted by molar-refractivity contribution is 0.434. The van der Waals surface area contributed by atoms with Crippen molar-refractivity contribution in [3.05, 3.63) is 140 Å². The smallest absolute Gasteiger partial charge is 0.236 e. The Morgan fingerprint density at radius 1 is 0.690 bits per heavy atom. The maximum atomic E-state index is 13.5. The molecule has 0 aliphatic carbocycles. The maximum absolute atomic E-state index is 13.5. The Labute approximate surface area is 332 Å². The number of anilines is 3. The van der Waals surface area contributed by atoms with E-state index >= 15 is 0 Å². The largest absolute Gasteiger partial charge is 0.507 e. The molecule has 0 spiro atoms. The summed E-state index contributed by atoms with van der Waals surface area (Å²) in [6, 6.07) is 34.4. The van der Waals surface area contributed by atoms with Gasteiger partial charge < -0.3 is 36.6 Å². The van der Waals surface area contributed by atoms with Crippen molar-refractivity contribution >= 4 is 23.1 Å². The average molecular weight is 776 g/mol. The zero-order valence-corrected chi connectivity index (χ0v) is 31.0. The molecule has 1 atom stereocenters. The lowest BCUT2D eigenvalue weighted by atomic mass is 10.0. The number of hydrogen-bond donors (Lipinski definition) is 6. The quantitative estimate of drug-likeness (QED) is 0.115. The molecule has 15 heteroatoms. The number of rotatable bonds is 4. The highest BCUT2D eigenvalue weighted by molar-refractivity contribution is 5.77. The Morgan fingerprint density at radius 3 is 2.17 bits per heavy atom. The first kappa shape index (κ1) is 37.3. The number of para-hydroxylation sites is 3. The van der Waals surface area contributed by atoms with E-state index in [4.69, 9.17) is 5.73 Å². The molecule has 290 valence electrons. The van der Waals surface area contributed by atoms with Gasteiger partial charge in [0.15, 0.2) is 17.4 Å². The van der Waals surface area contributed by atoms with Crippen LogP contribution in [0.15, 0.2) is 134 Å². The van der Waals surface area contributed by atoms with Gasteiger partial charge in [0.1, 0.15) is 17.3 Å². The molecule has 1 unspecified atom stereocenters. The van der Waals surface area contributed by atoms with Gasteiger partial charge in [0, 0.05) is 60.8 Å². The fourth-order valence-electron chi connectivity index (χ4n) is 6.74. The van der Waals surface area contributed by atoms with E-state index in [2.05, 4.69) is 45.9 Å². The molecule has 0 radical (unpaired) electrons. The van der Waals surface area contributed by atoms with Gasteiger partial charge in [-0.25, -0.2) is 9.37 Å². The van der Waals surface area contributed by atoms with Crippen molar-refractivity contribution in [3.8, 4) is 62.1 Å². The second kappa shape index (κ2) is 16.6. The van der Waals surface area contributed by atoms with E-state index in [-0.39, 0.29) is 11.5 Å². The molecule has 1 saturated heterocycles. The summed E-state index contributed by atoms with van der Waals surface area (Å²) in [6.45, 7) is 3.53. The summed E-state index contributed by atoms with van der Waals surface area (Å²) in [5.74, 6) is 1.03. The molecule has 6 heterocycles. The van der Waals surface area contributed by atoms with Crippen LogP contribution in [0.5, 0.6) is 17.2 Å². The van der Waals surface area contributed by atoms with Gasteiger partial charge >= 0.3 is 0 Å². The van der Waals surface area contributed by atoms with Crippen LogP contribution in [0.25, 0.3) is 50.7 Å². The highest BCUT2D eigenvalue weighted by Crippen LogP contribution is 2.36. The monoisotopic (exact) mass is 775 g/mol. The molecule has 10 rings (SSSR count). The normalized spacial score (nSPS) is 14.2. The van der Waals surface area contributed by atoms with Crippen molar-refractivity contribution in [1.82, 2.24) is 40.1 Å². The van der Waals surface area contributed by atoms with Crippen LogP contribution in [0.3, 0.4) is 0 Å². The summed E-state index contributed by atoms with van der Waals surface area (Å²) >= 11 is 0. The van der Waals surface area contributed by atoms with Crippen LogP contribution in [0.1, 0.15) is 0 Å². The van der Waals surface area contributed by atoms with Gasteiger partial charge in [-0.05, 0) is 60.2 Å². The predicted molar refractivity (Wildman–Crippen MR) is 221 cm³/mol. The fourth-order valence-corrected chi connectivity index (χ4v) is 6.74. The minimum absolute atomic E-state index is 0.198. The molecule has 7 N–H and O–H groups in total. The van der Waals surface area contributed by atoms with Gasteiger partial charge in [-0.1, -0.05) is 60.7 Å². The summed E-state index contributed by atoms with van der Waals surface area (Å²) in [5, 5.41) is 52.6. The minimum atomic E-state index is -0.657. The van der Waals surface area contributed by atoms with E-state index in [1.165, 1.54) is 6.07 Å². The van der Waals surface area contributed by atoms with Crippen molar-refractivity contribution in [2.45, 2.75) is 6.04 Å². The van der Waals surface area contributed by atoms with Crippen molar-refractivity contribution in [2.24, 2.45) is 0 Å². The van der Waals surface area contributed by atoms with Crippen molar-refractivity contribution in [3.63, 3.8) is 0 Å². The third-order valence-corrected chi connectivity index (χ3v) is 9.67. The topological polar surface area (TPSA) is 196 Å². The van der Waals surface area contributed by atoms with Crippen LogP contribution < -0.4 is 21.3 Å². The number of aromatic nitrogens is 7. The first-order valence-electron chi connectivity index (χ1n) is 18.5. The lowest BCUT2D eigenvalue weighted by Crippen LogP contribution is -2.56. The Morgan fingerprint density at radius 2 is 1.40 bits per heavy atom. The van der Waals surface area contributed by atoms with Crippen molar-refractivity contribution in [2.75, 3.05) is 42.1 Å². The number of phenolic OH excluding ortho intramolecular Hbond substituents is 3. The van der Waals surface area contributed by atoms with Crippen LogP contribution in [0.2, 0.25) is 0 Å². The molecule has 2 aliphatic rings. The third kappa shape index (κ3) is 8.01. The number of fused-ring (bicyclic) bond motifs is 4. The standard InChI is InChI=1S/C16H12N2O.C15H16FN5O.C12H10N4O/c19-16-9-5-4-8-14(16)15-10-13(11-17-18-15)12-6-2-1-3-7-12;16-11-3-1-2-10(14(11)22)12-6-13-15(20-19-12)18-8-9-7-17-4-5-21(9)13;13-11-5-6-16-7-9(14-12(16)15-11)8-3-1-2-4-10(8)17/h1-11,19H;1-3,6,9,17,22H,4-5,7-8H2,(H,18,20);1-7,17H,(H2,13,14,15). The molecule has 0 amide bonds. The van der Waals surface area contributed by atoms with E-state index in [9.17, 15) is 19.7 Å². The number of benzene rings is 4. The summed E-state index contributed by atoms with van der Waals surface area (Å²) in [7, 11) is 0. The second-order valence-corrected chi connectivity index (χ2v) is 13.4. The maximum Gasteiger partial charge on any atom is 0.236 e. The number of nitrogens with zero attached hydrogens (tertiary/aromatic N) is 8. The number of piperazine rings is 1. The zero-order chi connectivity index (χ0) is 40.0. The van der Waals surface area contributed by atoms with Crippen LogP contribution in [-0.4, -0.2) is 82.3 Å². The molecular weight excluding hydrogens is 738 g/mol. The summed E-state index contributed by atoms with van der Waals surface area (Å²) < 4.78 is 15.3. The van der Waals surface area contributed by atoms with Gasteiger partial charge in [-0.2, -0.15) is 15.2 Å². The van der Waals surface area contributed by atoms with Gasteiger partial charge in [0.25, 0.3) is 0 Å². The Kier molecular flexibility index (Phi) is 10.7. The molecule has 1 fully saturated rings. The number of hydrogen-bond acceptors (Lipinski definition) is 13. The van der Waals surface area contributed by atoms with E-state index in [0.29, 0.717) is 51.4 Å². The molecule has 4 aromatic carbocycles.